The number of anilines is 1. The van der Waals surface area contributed by atoms with Crippen LogP contribution in [0.25, 0.3) is 10.8 Å². The molecule has 0 fully saturated rings. The lowest BCUT2D eigenvalue weighted by molar-refractivity contribution is -0.384. The van der Waals surface area contributed by atoms with E-state index in [2.05, 4.69) is 5.32 Å². The highest BCUT2D eigenvalue weighted by molar-refractivity contribution is 6.36. The van der Waals surface area contributed by atoms with Crippen LogP contribution in [-0.2, 0) is 0 Å². The Morgan fingerprint density at radius 2 is 1.71 bits per heavy atom. The molecule has 0 aliphatic heterocycles. The Bertz CT molecular complexity index is 955. The first-order valence-electron chi connectivity index (χ1n) is 6.93. The van der Waals surface area contributed by atoms with E-state index in [1.807, 2.05) is 0 Å². The Morgan fingerprint density at radius 3 is 2.33 bits per heavy atom. The highest BCUT2D eigenvalue weighted by Gasteiger charge is 2.17. The molecular weight excluding hydrogens is 332 g/mol. The third-order valence-electron chi connectivity index (χ3n) is 3.55. The molecule has 0 atom stereocenters. The fourth-order valence-electron chi connectivity index (χ4n) is 2.35. The predicted octanol–water partition coefficient (Wildman–Crippen LogP) is 4.36. The standard InChI is InChI=1S/C17H11ClN2O4/c18-15-9-14(16(21)13-4-2-1-3-12(13)15)17(22)19-10-5-7-11(8-6-10)20(23)24/h1-9,21H,(H,19,22). The van der Waals surface area contributed by atoms with Gasteiger partial charge in [0.1, 0.15) is 5.75 Å². The van der Waals surface area contributed by atoms with Crippen molar-refractivity contribution in [2.75, 3.05) is 5.32 Å². The number of fused-ring (bicyclic) bond motifs is 1. The molecule has 0 spiro atoms. The van der Waals surface area contributed by atoms with Crippen LogP contribution in [0.5, 0.6) is 5.75 Å². The molecule has 3 rings (SSSR count). The number of rotatable bonds is 3. The van der Waals surface area contributed by atoms with Crippen molar-refractivity contribution in [3.05, 3.63) is 75.3 Å². The van der Waals surface area contributed by atoms with Crippen molar-refractivity contribution < 1.29 is 14.8 Å². The van der Waals surface area contributed by atoms with Gasteiger partial charge in [0, 0.05) is 33.6 Å². The predicted molar refractivity (Wildman–Crippen MR) is 91.7 cm³/mol. The molecule has 24 heavy (non-hydrogen) atoms. The van der Waals surface area contributed by atoms with Crippen LogP contribution < -0.4 is 5.32 Å². The van der Waals surface area contributed by atoms with Gasteiger partial charge in [0.25, 0.3) is 11.6 Å². The number of hydrogen-bond acceptors (Lipinski definition) is 4. The average Bonchev–Trinajstić information content (AvgIpc) is 2.58. The van der Waals surface area contributed by atoms with E-state index < -0.39 is 10.8 Å². The molecule has 3 aromatic rings. The number of carbonyl (C=O) groups is 1. The molecule has 0 aliphatic rings. The van der Waals surface area contributed by atoms with E-state index in [0.717, 1.165) is 0 Å². The summed E-state index contributed by atoms with van der Waals surface area (Å²) < 4.78 is 0. The lowest BCUT2D eigenvalue weighted by atomic mass is 10.0. The van der Waals surface area contributed by atoms with E-state index in [1.54, 1.807) is 24.3 Å². The molecule has 1 amide bonds. The van der Waals surface area contributed by atoms with Crippen molar-refractivity contribution in [1.82, 2.24) is 0 Å². The molecule has 0 unspecified atom stereocenters. The molecule has 6 nitrogen and oxygen atoms in total. The number of halogens is 1. The summed E-state index contributed by atoms with van der Waals surface area (Å²) in [6.07, 6.45) is 0. The van der Waals surface area contributed by atoms with E-state index in [9.17, 15) is 20.0 Å². The maximum atomic E-state index is 12.4. The summed E-state index contributed by atoms with van der Waals surface area (Å²) in [6.45, 7) is 0. The number of hydrogen-bond donors (Lipinski definition) is 2. The number of benzene rings is 3. The second-order valence-corrected chi connectivity index (χ2v) is 5.47. The summed E-state index contributed by atoms with van der Waals surface area (Å²) in [4.78, 5) is 22.5. The Labute approximate surface area is 141 Å². The van der Waals surface area contributed by atoms with E-state index in [1.165, 1.54) is 30.3 Å². The number of nitrogens with one attached hydrogen (secondary N) is 1. The topological polar surface area (TPSA) is 92.5 Å². The molecule has 120 valence electrons. The fraction of sp³-hybridized carbons (Fsp3) is 0. The fourth-order valence-corrected chi connectivity index (χ4v) is 2.63. The minimum atomic E-state index is -0.561. The quantitative estimate of drug-likeness (QED) is 0.546. The number of aromatic hydroxyl groups is 1. The molecule has 0 saturated heterocycles. The van der Waals surface area contributed by atoms with Gasteiger partial charge in [0.2, 0.25) is 0 Å². The summed E-state index contributed by atoms with van der Waals surface area (Å²) in [5.41, 5.74) is 0.316. The van der Waals surface area contributed by atoms with Crippen molar-refractivity contribution in [3.8, 4) is 5.75 Å². The van der Waals surface area contributed by atoms with Crippen LogP contribution in [0, 0.1) is 10.1 Å². The molecule has 2 N–H and O–H groups in total. The summed E-state index contributed by atoms with van der Waals surface area (Å²) in [5.74, 6) is -0.733. The summed E-state index contributed by atoms with van der Waals surface area (Å²) in [7, 11) is 0. The highest BCUT2D eigenvalue weighted by Crippen LogP contribution is 2.34. The summed E-state index contributed by atoms with van der Waals surface area (Å²) in [5, 5.41) is 25.0. The molecule has 0 radical (unpaired) electrons. The Kier molecular flexibility index (Phi) is 4.05. The number of non-ortho nitro benzene ring substituents is 1. The second-order valence-electron chi connectivity index (χ2n) is 5.06. The third kappa shape index (κ3) is 2.87. The summed E-state index contributed by atoms with van der Waals surface area (Å²) in [6, 6.07) is 13.7. The first-order valence-corrected chi connectivity index (χ1v) is 7.31. The van der Waals surface area contributed by atoms with Crippen molar-refractivity contribution >= 4 is 39.7 Å². The lowest BCUT2D eigenvalue weighted by Gasteiger charge is -2.10. The highest BCUT2D eigenvalue weighted by atomic mass is 35.5. The Balaban J connectivity index is 1.94. The van der Waals surface area contributed by atoms with Crippen LogP contribution in [0.2, 0.25) is 5.02 Å². The zero-order valence-electron chi connectivity index (χ0n) is 12.2. The maximum absolute atomic E-state index is 12.4. The molecule has 3 aromatic carbocycles. The zero-order valence-corrected chi connectivity index (χ0v) is 12.9. The Morgan fingerprint density at radius 1 is 1.08 bits per heavy atom. The van der Waals surface area contributed by atoms with Crippen LogP contribution in [-0.4, -0.2) is 15.9 Å². The van der Waals surface area contributed by atoms with Crippen molar-refractivity contribution in [3.63, 3.8) is 0 Å². The number of nitro groups is 1. The van der Waals surface area contributed by atoms with Gasteiger partial charge in [-0.1, -0.05) is 35.9 Å². The minimum Gasteiger partial charge on any atom is -0.506 e. The van der Waals surface area contributed by atoms with Crippen LogP contribution >= 0.6 is 11.6 Å². The van der Waals surface area contributed by atoms with Crippen molar-refractivity contribution in [2.24, 2.45) is 0 Å². The van der Waals surface area contributed by atoms with Gasteiger partial charge < -0.3 is 10.4 Å². The van der Waals surface area contributed by atoms with E-state index in [-0.39, 0.29) is 17.0 Å². The van der Waals surface area contributed by atoms with Gasteiger partial charge >= 0.3 is 0 Å². The second kappa shape index (κ2) is 6.17. The molecule has 0 bridgehead atoms. The number of nitrogens with zero attached hydrogens (tertiary/aromatic N) is 1. The Hall–Kier alpha value is -3.12. The van der Waals surface area contributed by atoms with Gasteiger partial charge in [-0.2, -0.15) is 0 Å². The first-order chi connectivity index (χ1) is 11.5. The third-order valence-corrected chi connectivity index (χ3v) is 3.86. The SMILES string of the molecule is O=C(Nc1ccc([N+](=O)[O-])cc1)c1cc(Cl)c2ccccc2c1O. The monoisotopic (exact) mass is 342 g/mol. The number of nitro benzene ring substituents is 1. The number of carbonyl (C=O) groups excluding carboxylic acids is 1. The van der Waals surface area contributed by atoms with Gasteiger partial charge in [-0.25, -0.2) is 0 Å². The molecule has 0 aromatic heterocycles. The van der Waals surface area contributed by atoms with Gasteiger partial charge in [-0.3, -0.25) is 14.9 Å². The largest absolute Gasteiger partial charge is 0.506 e. The molecule has 0 saturated carbocycles. The van der Waals surface area contributed by atoms with E-state index >= 15 is 0 Å². The lowest BCUT2D eigenvalue weighted by Crippen LogP contribution is -2.12. The first kappa shape index (κ1) is 15.8. The average molecular weight is 343 g/mol. The smallest absolute Gasteiger partial charge is 0.269 e. The van der Waals surface area contributed by atoms with Crippen LogP contribution in [0.4, 0.5) is 11.4 Å². The van der Waals surface area contributed by atoms with Gasteiger partial charge in [0.05, 0.1) is 10.5 Å². The number of amides is 1. The molecule has 0 aliphatic carbocycles. The molecule has 0 heterocycles. The van der Waals surface area contributed by atoms with Crippen LogP contribution in [0.1, 0.15) is 10.4 Å². The van der Waals surface area contributed by atoms with Crippen molar-refractivity contribution in [1.29, 1.82) is 0 Å². The molecule has 7 heteroatoms. The van der Waals surface area contributed by atoms with Crippen LogP contribution in [0.3, 0.4) is 0 Å². The van der Waals surface area contributed by atoms with Crippen molar-refractivity contribution in [2.45, 2.75) is 0 Å². The normalized spacial score (nSPS) is 10.5. The van der Waals surface area contributed by atoms with E-state index in [4.69, 9.17) is 11.6 Å². The van der Waals surface area contributed by atoms with Gasteiger partial charge in [0.15, 0.2) is 0 Å². The van der Waals surface area contributed by atoms with Gasteiger partial charge in [-0.05, 0) is 18.2 Å². The number of phenols is 1. The number of phenolic OH excluding ortho intramolecular Hbond substituents is 1. The molecular formula is C17H11ClN2O4. The van der Waals surface area contributed by atoms with Gasteiger partial charge in [-0.15, -0.1) is 0 Å². The van der Waals surface area contributed by atoms with Crippen LogP contribution in [0.15, 0.2) is 54.6 Å². The van der Waals surface area contributed by atoms with E-state index in [0.29, 0.717) is 21.5 Å². The minimum absolute atomic E-state index is 0.0250. The maximum Gasteiger partial charge on any atom is 0.269 e. The zero-order chi connectivity index (χ0) is 17.3. The summed E-state index contributed by atoms with van der Waals surface area (Å²) >= 11 is 6.17.